The van der Waals surface area contributed by atoms with Crippen molar-refractivity contribution in [3.8, 4) is 0 Å². The molecule has 9 heteroatoms. The molecule has 7 nitrogen and oxygen atoms in total. The minimum Gasteiger partial charge on any atom is -0.462 e. The molecule has 0 saturated heterocycles. The quantitative estimate of drug-likeness (QED) is 0.743. The zero-order chi connectivity index (χ0) is 21.0. The topological polar surface area (TPSA) is 84.9 Å². The lowest BCUT2D eigenvalue weighted by Gasteiger charge is -2.26. The van der Waals surface area contributed by atoms with Gasteiger partial charge in [0.2, 0.25) is 0 Å². The van der Waals surface area contributed by atoms with Gasteiger partial charge in [0, 0.05) is 17.0 Å². The van der Waals surface area contributed by atoms with Crippen molar-refractivity contribution < 1.29 is 28.2 Å². The summed E-state index contributed by atoms with van der Waals surface area (Å²) in [7, 11) is 0. The highest BCUT2D eigenvalue weighted by Crippen LogP contribution is 2.38. The van der Waals surface area contributed by atoms with Gasteiger partial charge in [0.15, 0.2) is 0 Å². The van der Waals surface area contributed by atoms with Crippen molar-refractivity contribution in [2.24, 2.45) is 0 Å². The van der Waals surface area contributed by atoms with Gasteiger partial charge in [0.1, 0.15) is 10.8 Å². The second kappa shape index (κ2) is 9.04. The smallest absolute Gasteiger partial charge is 0.410 e. The van der Waals surface area contributed by atoms with Crippen molar-refractivity contribution in [2.75, 3.05) is 25.1 Å². The van der Waals surface area contributed by atoms with Crippen LogP contribution in [0.1, 0.15) is 45.0 Å². The van der Waals surface area contributed by atoms with Crippen LogP contribution in [-0.2, 0) is 22.4 Å². The molecule has 0 radical (unpaired) electrons. The molecule has 2 amide bonds. The number of carbonyl (C=O) groups is 3. The van der Waals surface area contributed by atoms with Crippen LogP contribution < -0.4 is 5.32 Å². The number of carbonyl (C=O) groups excluding carboxylic acids is 3. The van der Waals surface area contributed by atoms with Crippen molar-refractivity contribution in [3.05, 3.63) is 51.7 Å². The number of esters is 1. The number of fused-ring (bicyclic) bond motifs is 1. The number of nitrogens with one attached hydrogen (secondary N) is 1. The maximum atomic E-state index is 13.4. The van der Waals surface area contributed by atoms with Gasteiger partial charge in [-0.1, -0.05) is 6.07 Å². The summed E-state index contributed by atoms with van der Waals surface area (Å²) in [5.74, 6) is -1.60. The van der Waals surface area contributed by atoms with E-state index in [1.807, 2.05) is 0 Å². The summed E-state index contributed by atoms with van der Waals surface area (Å²) in [6.07, 6.45) is 0.0174. The lowest BCUT2D eigenvalue weighted by molar-refractivity contribution is 0.0526. The fourth-order valence-electron chi connectivity index (χ4n) is 3.09. The van der Waals surface area contributed by atoms with Gasteiger partial charge < -0.3 is 19.7 Å². The van der Waals surface area contributed by atoms with Gasteiger partial charge >= 0.3 is 12.1 Å². The van der Waals surface area contributed by atoms with Crippen molar-refractivity contribution in [2.45, 2.75) is 26.8 Å². The van der Waals surface area contributed by atoms with E-state index < -0.39 is 23.8 Å². The molecule has 0 atom stereocenters. The zero-order valence-corrected chi connectivity index (χ0v) is 16.9. The van der Waals surface area contributed by atoms with Gasteiger partial charge in [-0.3, -0.25) is 4.79 Å². The third-order valence-corrected chi connectivity index (χ3v) is 5.51. The SMILES string of the molecule is CCOC(=O)c1c(NC(=O)c2cccc(F)c2)sc2c1CCN(C(=O)OCC)C2. The van der Waals surface area contributed by atoms with E-state index in [2.05, 4.69) is 5.32 Å². The lowest BCUT2D eigenvalue weighted by atomic mass is 10.0. The van der Waals surface area contributed by atoms with Crippen LogP contribution in [0.3, 0.4) is 0 Å². The fraction of sp³-hybridized carbons (Fsp3) is 0.350. The number of amides is 2. The Bertz CT molecular complexity index is 943. The summed E-state index contributed by atoms with van der Waals surface area (Å²) < 4.78 is 23.7. The monoisotopic (exact) mass is 420 g/mol. The normalized spacial score (nSPS) is 12.9. The molecule has 2 aromatic rings. The Morgan fingerprint density at radius 1 is 1.21 bits per heavy atom. The minimum atomic E-state index is -0.538. The molecule has 1 aromatic carbocycles. The Hall–Kier alpha value is -2.94. The number of benzene rings is 1. The number of ether oxygens (including phenoxy) is 2. The summed E-state index contributed by atoms with van der Waals surface area (Å²) in [4.78, 5) is 39.5. The van der Waals surface area contributed by atoms with Crippen LogP contribution in [0.4, 0.5) is 14.2 Å². The van der Waals surface area contributed by atoms with Gasteiger partial charge in [-0.2, -0.15) is 0 Å². The maximum Gasteiger partial charge on any atom is 0.410 e. The van der Waals surface area contributed by atoms with Crippen LogP contribution in [0, 0.1) is 5.82 Å². The van der Waals surface area contributed by atoms with E-state index in [1.54, 1.807) is 18.7 Å². The highest BCUT2D eigenvalue weighted by atomic mass is 32.1. The molecule has 1 aliphatic heterocycles. The van der Waals surface area contributed by atoms with Crippen LogP contribution in [0.15, 0.2) is 24.3 Å². The third-order valence-electron chi connectivity index (χ3n) is 4.38. The molecule has 1 aromatic heterocycles. The molecule has 0 saturated carbocycles. The molecular formula is C20H21FN2O5S. The van der Waals surface area contributed by atoms with Crippen LogP contribution in [-0.4, -0.2) is 42.6 Å². The second-order valence-corrected chi connectivity index (χ2v) is 7.37. The van der Waals surface area contributed by atoms with E-state index >= 15 is 0 Å². The van der Waals surface area contributed by atoms with Crippen LogP contribution >= 0.6 is 11.3 Å². The molecule has 1 aliphatic rings. The first kappa shape index (κ1) is 20.8. The van der Waals surface area contributed by atoms with Crippen LogP contribution in [0.2, 0.25) is 0 Å². The summed E-state index contributed by atoms with van der Waals surface area (Å²) in [5, 5.41) is 3.02. The first-order valence-electron chi connectivity index (χ1n) is 9.24. The summed E-state index contributed by atoms with van der Waals surface area (Å²) >= 11 is 1.21. The van der Waals surface area contributed by atoms with E-state index in [4.69, 9.17) is 9.47 Å². The average molecular weight is 420 g/mol. The third kappa shape index (κ3) is 4.56. The van der Waals surface area contributed by atoms with Crippen molar-refractivity contribution >= 4 is 34.3 Å². The lowest BCUT2D eigenvalue weighted by Crippen LogP contribution is -2.36. The highest BCUT2D eigenvalue weighted by molar-refractivity contribution is 7.17. The number of nitrogens with zero attached hydrogens (tertiary/aromatic N) is 1. The first-order chi connectivity index (χ1) is 13.9. The predicted molar refractivity (Wildman–Crippen MR) is 106 cm³/mol. The summed E-state index contributed by atoms with van der Waals surface area (Å²) in [6.45, 7) is 4.57. The summed E-state index contributed by atoms with van der Waals surface area (Å²) in [6, 6.07) is 5.29. The van der Waals surface area contributed by atoms with Gasteiger partial charge in [0.25, 0.3) is 5.91 Å². The van der Waals surface area contributed by atoms with Crippen LogP contribution in [0.5, 0.6) is 0 Å². The first-order valence-corrected chi connectivity index (χ1v) is 10.1. The second-order valence-electron chi connectivity index (χ2n) is 6.26. The Balaban J connectivity index is 1.91. The molecule has 0 bridgehead atoms. The molecule has 0 fully saturated rings. The molecule has 0 aliphatic carbocycles. The number of halogens is 1. The maximum absolute atomic E-state index is 13.4. The van der Waals surface area contributed by atoms with Crippen molar-refractivity contribution in [3.63, 3.8) is 0 Å². The standard InChI is InChI=1S/C20H21FN2O5S/c1-3-27-19(25)16-14-8-9-23(20(26)28-4-2)11-15(14)29-18(16)22-17(24)12-6-5-7-13(21)10-12/h5-7,10H,3-4,8-9,11H2,1-2H3,(H,22,24). The fourth-order valence-corrected chi connectivity index (χ4v) is 4.33. The van der Waals surface area contributed by atoms with Crippen LogP contribution in [0.25, 0.3) is 0 Å². The molecule has 3 rings (SSSR count). The Kier molecular flexibility index (Phi) is 6.48. The molecule has 2 heterocycles. The number of hydrogen-bond acceptors (Lipinski definition) is 6. The van der Waals surface area contributed by atoms with Gasteiger partial charge in [-0.15, -0.1) is 11.3 Å². The number of rotatable bonds is 5. The number of thiophene rings is 1. The zero-order valence-electron chi connectivity index (χ0n) is 16.1. The molecule has 29 heavy (non-hydrogen) atoms. The van der Waals surface area contributed by atoms with E-state index in [9.17, 15) is 18.8 Å². The Morgan fingerprint density at radius 3 is 2.66 bits per heavy atom. The molecule has 154 valence electrons. The summed E-state index contributed by atoms with van der Waals surface area (Å²) in [5.41, 5.74) is 1.18. The van der Waals surface area contributed by atoms with Gasteiger partial charge in [0.05, 0.1) is 25.3 Å². The predicted octanol–water partition coefficient (Wildman–Crippen LogP) is 3.83. The Labute approximate surface area is 171 Å². The average Bonchev–Trinajstić information content (AvgIpc) is 3.05. The largest absolute Gasteiger partial charge is 0.462 e. The number of anilines is 1. The van der Waals surface area contributed by atoms with E-state index in [0.29, 0.717) is 23.5 Å². The van der Waals surface area contributed by atoms with Gasteiger partial charge in [-0.05, 0) is 44.0 Å². The minimum absolute atomic E-state index is 0.138. The highest BCUT2D eigenvalue weighted by Gasteiger charge is 2.31. The molecular weight excluding hydrogens is 399 g/mol. The molecule has 0 unspecified atom stereocenters. The Morgan fingerprint density at radius 2 is 1.97 bits per heavy atom. The van der Waals surface area contributed by atoms with Gasteiger partial charge in [-0.25, -0.2) is 14.0 Å². The van der Waals surface area contributed by atoms with Crippen molar-refractivity contribution in [1.82, 2.24) is 4.90 Å². The van der Waals surface area contributed by atoms with E-state index in [0.717, 1.165) is 16.5 Å². The number of hydrogen-bond donors (Lipinski definition) is 1. The molecule has 0 spiro atoms. The molecule has 1 N–H and O–H groups in total. The van der Waals surface area contributed by atoms with E-state index in [1.165, 1.54) is 29.5 Å². The van der Waals surface area contributed by atoms with E-state index in [-0.39, 0.29) is 25.3 Å². The van der Waals surface area contributed by atoms with Crippen molar-refractivity contribution in [1.29, 1.82) is 0 Å².